The second-order valence-electron chi connectivity index (χ2n) is 5.54. The Kier molecular flexibility index (Phi) is 4.64. The van der Waals surface area contributed by atoms with Gasteiger partial charge in [-0.3, -0.25) is 4.79 Å². The lowest BCUT2D eigenvalue weighted by atomic mass is 9.96. The minimum atomic E-state index is -0.0968. The highest BCUT2D eigenvalue weighted by Crippen LogP contribution is 2.15. The summed E-state index contributed by atoms with van der Waals surface area (Å²) in [6, 6.07) is 0. The molecule has 0 atom stereocenters. The predicted molar refractivity (Wildman–Crippen MR) is 72.6 cm³/mol. The first-order valence-electron chi connectivity index (χ1n) is 6.15. The first-order chi connectivity index (χ1) is 8.33. The van der Waals surface area contributed by atoms with E-state index < -0.39 is 0 Å². The van der Waals surface area contributed by atoms with Crippen molar-refractivity contribution in [3.8, 4) is 0 Å². The van der Waals surface area contributed by atoms with Crippen LogP contribution in [-0.2, 0) is 0 Å². The van der Waals surface area contributed by atoms with Gasteiger partial charge in [-0.1, -0.05) is 20.8 Å². The van der Waals surface area contributed by atoms with E-state index in [2.05, 4.69) is 36.1 Å². The molecule has 0 spiro atoms. The number of amides is 1. The average Bonchev–Trinajstić information content (AvgIpc) is 2.27. The van der Waals surface area contributed by atoms with Crippen LogP contribution in [0.3, 0.4) is 0 Å². The van der Waals surface area contributed by atoms with E-state index >= 15 is 0 Å². The van der Waals surface area contributed by atoms with E-state index in [0.717, 1.165) is 6.54 Å². The molecule has 0 aliphatic rings. The Bertz CT molecular complexity index is 394. The van der Waals surface area contributed by atoms with Crippen molar-refractivity contribution >= 4 is 11.7 Å². The zero-order chi connectivity index (χ0) is 13.8. The van der Waals surface area contributed by atoms with Crippen molar-refractivity contribution in [2.45, 2.75) is 27.7 Å². The molecule has 0 bridgehead atoms. The summed E-state index contributed by atoms with van der Waals surface area (Å²) in [6.07, 6.45) is 3.10. The molecule has 1 amide bonds. The van der Waals surface area contributed by atoms with Gasteiger partial charge in [-0.2, -0.15) is 0 Å². The molecule has 5 heteroatoms. The largest absolute Gasteiger partial charge is 0.369 e. The van der Waals surface area contributed by atoms with Gasteiger partial charge in [0.1, 0.15) is 11.5 Å². The van der Waals surface area contributed by atoms with Crippen molar-refractivity contribution in [2.24, 2.45) is 5.41 Å². The Morgan fingerprint density at radius 3 is 2.44 bits per heavy atom. The molecule has 0 saturated carbocycles. The van der Waals surface area contributed by atoms with Crippen molar-refractivity contribution in [3.63, 3.8) is 0 Å². The number of nitrogens with zero attached hydrogens (tertiary/aromatic N) is 3. The highest BCUT2D eigenvalue weighted by molar-refractivity contribution is 5.91. The van der Waals surface area contributed by atoms with Gasteiger partial charge in [0.15, 0.2) is 0 Å². The zero-order valence-corrected chi connectivity index (χ0v) is 11.8. The fourth-order valence-electron chi connectivity index (χ4n) is 1.69. The molecule has 0 aliphatic carbocycles. The molecule has 1 rings (SSSR count). The van der Waals surface area contributed by atoms with Crippen molar-refractivity contribution in [3.05, 3.63) is 18.1 Å². The number of hydrogen-bond donors (Lipinski definition) is 1. The minimum Gasteiger partial charge on any atom is -0.369 e. The summed E-state index contributed by atoms with van der Waals surface area (Å²) in [6.45, 7) is 9.73. The Morgan fingerprint density at radius 2 is 2.00 bits per heavy atom. The third-order valence-corrected chi connectivity index (χ3v) is 2.29. The maximum Gasteiger partial charge on any atom is 0.273 e. The Labute approximate surface area is 109 Å². The number of nitrogens with one attached hydrogen (secondary N) is 1. The van der Waals surface area contributed by atoms with E-state index in [1.54, 1.807) is 18.1 Å². The van der Waals surface area contributed by atoms with Crippen LogP contribution in [0.5, 0.6) is 0 Å². The van der Waals surface area contributed by atoms with Crippen molar-refractivity contribution in [2.75, 3.05) is 25.5 Å². The third kappa shape index (κ3) is 4.31. The zero-order valence-electron chi connectivity index (χ0n) is 11.8. The van der Waals surface area contributed by atoms with Crippen LogP contribution in [0.25, 0.3) is 0 Å². The van der Waals surface area contributed by atoms with Gasteiger partial charge in [0.2, 0.25) is 0 Å². The fourth-order valence-corrected chi connectivity index (χ4v) is 1.69. The maximum absolute atomic E-state index is 12.1. The smallest absolute Gasteiger partial charge is 0.273 e. The summed E-state index contributed by atoms with van der Waals surface area (Å²) >= 11 is 0. The molecular weight excluding hydrogens is 228 g/mol. The number of anilines is 1. The molecule has 0 saturated heterocycles. The van der Waals surface area contributed by atoms with Gasteiger partial charge in [-0.15, -0.1) is 0 Å². The summed E-state index contributed by atoms with van der Waals surface area (Å²) in [5.41, 5.74) is 0.449. The van der Waals surface area contributed by atoms with Gasteiger partial charge in [0, 0.05) is 20.1 Å². The van der Waals surface area contributed by atoms with Crippen LogP contribution in [0, 0.1) is 5.41 Å². The van der Waals surface area contributed by atoms with Crippen LogP contribution in [0.4, 0.5) is 5.82 Å². The van der Waals surface area contributed by atoms with E-state index in [4.69, 9.17) is 0 Å². The predicted octanol–water partition coefficient (Wildman–Crippen LogP) is 2.03. The summed E-state index contributed by atoms with van der Waals surface area (Å²) in [5, 5.41) is 3.04. The SMILES string of the molecule is CCNc1cnc(C(=O)N(C)CC(C)(C)C)cn1. The second kappa shape index (κ2) is 5.80. The lowest BCUT2D eigenvalue weighted by molar-refractivity contribution is 0.0739. The van der Waals surface area contributed by atoms with E-state index in [-0.39, 0.29) is 11.3 Å². The van der Waals surface area contributed by atoms with Gasteiger partial charge < -0.3 is 10.2 Å². The molecule has 1 N–H and O–H groups in total. The summed E-state index contributed by atoms with van der Waals surface area (Å²) in [4.78, 5) is 22.1. The summed E-state index contributed by atoms with van der Waals surface area (Å²) < 4.78 is 0. The van der Waals surface area contributed by atoms with Crippen LogP contribution in [0.15, 0.2) is 12.4 Å². The van der Waals surface area contributed by atoms with Gasteiger partial charge >= 0.3 is 0 Å². The summed E-state index contributed by atoms with van der Waals surface area (Å²) in [5.74, 6) is 0.591. The number of rotatable bonds is 4. The quantitative estimate of drug-likeness (QED) is 0.888. The van der Waals surface area contributed by atoms with Crippen LogP contribution in [0.1, 0.15) is 38.2 Å². The topological polar surface area (TPSA) is 58.1 Å². The number of hydrogen-bond acceptors (Lipinski definition) is 4. The standard InChI is InChI=1S/C13H22N4O/c1-6-14-11-8-15-10(7-16-11)12(18)17(5)9-13(2,3)4/h7-8H,6,9H2,1-5H3,(H,14,16). The third-order valence-electron chi connectivity index (χ3n) is 2.29. The first-order valence-corrected chi connectivity index (χ1v) is 6.15. The van der Waals surface area contributed by atoms with E-state index in [0.29, 0.717) is 18.1 Å². The van der Waals surface area contributed by atoms with Crippen molar-refractivity contribution < 1.29 is 4.79 Å². The Balaban J connectivity index is 2.72. The van der Waals surface area contributed by atoms with Gasteiger partial charge in [-0.25, -0.2) is 9.97 Å². The molecular formula is C13H22N4O. The maximum atomic E-state index is 12.1. The second-order valence-corrected chi connectivity index (χ2v) is 5.54. The Hall–Kier alpha value is -1.65. The molecule has 0 unspecified atom stereocenters. The molecule has 18 heavy (non-hydrogen) atoms. The van der Waals surface area contributed by atoms with E-state index in [1.807, 2.05) is 6.92 Å². The highest BCUT2D eigenvalue weighted by atomic mass is 16.2. The van der Waals surface area contributed by atoms with E-state index in [9.17, 15) is 4.79 Å². The molecule has 0 aliphatic heterocycles. The summed E-state index contributed by atoms with van der Waals surface area (Å²) in [7, 11) is 1.79. The average molecular weight is 250 g/mol. The Morgan fingerprint density at radius 1 is 1.33 bits per heavy atom. The number of carbonyl (C=O) groups excluding carboxylic acids is 1. The molecule has 0 fully saturated rings. The molecule has 0 aromatic carbocycles. The van der Waals surface area contributed by atoms with Crippen LogP contribution in [0.2, 0.25) is 0 Å². The highest BCUT2D eigenvalue weighted by Gasteiger charge is 2.19. The molecule has 1 heterocycles. The van der Waals surface area contributed by atoms with E-state index in [1.165, 1.54) is 6.20 Å². The lowest BCUT2D eigenvalue weighted by Gasteiger charge is -2.26. The normalized spacial score (nSPS) is 11.2. The number of carbonyl (C=O) groups is 1. The van der Waals surface area contributed by atoms with Gasteiger partial charge in [-0.05, 0) is 12.3 Å². The molecule has 1 aromatic heterocycles. The molecule has 5 nitrogen and oxygen atoms in total. The van der Waals surface area contributed by atoms with Gasteiger partial charge in [0.25, 0.3) is 5.91 Å². The molecule has 1 aromatic rings. The lowest BCUT2D eigenvalue weighted by Crippen LogP contribution is -2.35. The first kappa shape index (κ1) is 14.4. The van der Waals surface area contributed by atoms with Crippen molar-refractivity contribution in [1.82, 2.24) is 14.9 Å². The fraction of sp³-hybridized carbons (Fsp3) is 0.615. The van der Waals surface area contributed by atoms with Crippen molar-refractivity contribution in [1.29, 1.82) is 0 Å². The van der Waals surface area contributed by atoms with Crippen LogP contribution in [-0.4, -0.2) is 40.9 Å². The molecule has 0 radical (unpaired) electrons. The minimum absolute atomic E-state index is 0.0710. The van der Waals surface area contributed by atoms with Crippen LogP contribution < -0.4 is 5.32 Å². The molecule has 100 valence electrons. The van der Waals surface area contributed by atoms with Gasteiger partial charge in [0.05, 0.1) is 12.4 Å². The number of aromatic nitrogens is 2. The monoisotopic (exact) mass is 250 g/mol. The van der Waals surface area contributed by atoms with Crippen LogP contribution >= 0.6 is 0 Å².